The molecule has 2 heterocycles. The van der Waals surface area contributed by atoms with Crippen LogP contribution in [0.25, 0.3) is 11.8 Å². The minimum absolute atomic E-state index is 0.0305. The highest BCUT2D eigenvalue weighted by Gasteiger charge is 2.33. The number of nitro groups is 1. The van der Waals surface area contributed by atoms with Gasteiger partial charge in [0.2, 0.25) is 0 Å². The Balaban J connectivity index is 1.42. The predicted molar refractivity (Wildman–Crippen MR) is 173 cm³/mol. The molecule has 218 valence electrons. The third-order valence-corrected chi connectivity index (χ3v) is 8.85. The van der Waals surface area contributed by atoms with Gasteiger partial charge in [0.25, 0.3) is 5.69 Å². The van der Waals surface area contributed by atoms with Crippen LogP contribution in [0, 0.1) is 24.0 Å². The smallest absolute Gasteiger partial charge is 0.344 e. The van der Waals surface area contributed by atoms with Gasteiger partial charge < -0.3 is 14.4 Å². The summed E-state index contributed by atoms with van der Waals surface area (Å²) in [4.78, 5) is 30.3. The predicted octanol–water partition coefficient (Wildman–Crippen LogP) is 9.00. The Morgan fingerprint density at radius 1 is 1.07 bits per heavy atom. The number of nitrogens with zero attached hydrogens (tertiary/aromatic N) is 3. The molecule has 11 heteroatoms. The molecular formula is C32H26ClN3O5S2. The molecule has 4 aromatic rings. The summed E-state index contributed by atoms with van der Waals surface area (Å²) >= 11 is 8.73. The van der Waals surface area contributed by atoms with Crippen LogP contribution >= 0.6 is 35.1 Å². The summed E-state index contributed by atoms with van der Waals surface area (Å²) in [5, 5.41) is 23.0. The lowest BCUT2D eigenvalue weighted by atomic mass is 10.2. The van der Waals surface area contributed by atoms with Crippen molar-refractivity contribution < 1.29 is 19.6 Å². The second kappa shape index (κ2) is 12.9. The van der Waals surface area contributed by atoms with Gasteiger partial charge in [0.1, 0.15) is 16.4 Å². The number of aliphatic imine (C=N–C) groups is 1. The fourth-order valence-corrected chi connectivity index (χ4v) is 6.50. The topological polar surface area (TPSA) is 107 Å². The fourth-order valence-electron chi connectivity index (χ4n) is 4.53. The zero-order valence-electron chi connectivity index (χ0n) is 23.4. The van der Waals surface area contributed by atoms with E-state index in [1.807, 2.05) is 50.3 Å². The molecule has 0 amide bonds. The molecule has 1 aromatic heterocycles. The third-order valence-electron chi connectivity index (χ3n) is 6.56. The van der Waals surface area contributed by atoms with Crippen LogP contribution < -0.4 is 0 Å². The quantitative estimate of drug-likeness (QED) is 0.117. The lowest BCUT2D eigenvalue weighted by molar-refractivity contribution is -0.384. The van der Waals surface area contributed by atoms with Crippen molar-refractivity contribution in [3.63, 3.8) is 0 Å². The number of carbonyl (C=O) groups excluding carboxylic acids is 1. The number of non-ortho nitro benzene ring substituents is 1. The second-order valence-electron chi connectivity index (χ2n) is 9.46. The number of ether oxygens (including phenoxy) is 1. The Kier molecular flexibility index (Phi) is 9.10. The van der Waals surface area contributed by atoms with Gasteiger partial charge in [0.05, 0.1) is 22.1 Å². The maximum Gasteiger partial charge on any atom is 0.344 e. The zero-order chi connectivity index (χ0) is 30.7. The van der Waals surface area contributed by atoms with Crippen molar-refractivity contribution >= 4 is 63.6 Å². The minimum atomic E-state index is -0.638. The number of aliphatic hydroxyl groups excluding tert-OH is 1. The van der Waals surface area contributed by atoms with Crippen molar-refractivity contribution in [2.24, 2.45) is 4.99 Å². The lowest BCUT2D eigenvalue weighted by Gasteiger charge is -2.11. The zero-order valence-corrected chi connectivity index (χ0v) is 25.8. The van der Waals surface area contributed by atoms with Gasteiger partial charge >= 0.3 is 5.97 Å². The van der Waals surface area contributed by atoms with E-state index in [0.29, 0.717) is 20.7 Å². The molecule has 0 saturated heterocycles. The average Bonchev–Trinajstić information content (AvgIpc) is 3.44. The summed E-state index contributed by atoms with van der Waals surface area (Å²) in [6, 6.07) is 23.4. The third kappa shape index (κ3) is 6.72. The molecule has 0 saturated carbocycles. The van der Waals surface area contributed by atoms with Gasteiger partial charge in [0, 0.05) is 44.0 Å². The molecule has 0 unspecified atom stereocenters. The number of benzene rings is 3. The van der Waals surface area contributed by atoms with Crippen molar-refractivity contribution in [2.45, 2.75) is 30.6 Å². The van der Waals surface area contributed by atoms with E-state index in [1.54, 1.807) is 43.3 Å². The molecular weight excluding hydrogens is 606 g/mol. The first-order valence-electron chi connectivity index (χ1n) is 13.2. The Morgan fingerprint density at radius 3 is 2.30 bits per heavy atom. The van der Waals surface area contributed by atoms with Crippen LogP contribution in [0.15, 0.2) is 110 Å². The van der Waals surface area contributed by atoms with Crippen molar-refractivity contribution in [1.82, 2.24) is 4.57 Å². The standard InChI is InChI=1S/C32H26ClN3O5S2/c1-4-41-32(38)29-30(37)28(43-31(29)34-23-7-5-22(33)6-8-23)18-21-17-19(2)35(20(21)3)24-9-13-26(14-10-24)42-27-15-11-25(12-16-27)36(39)40/h5-18,37H,4H2,1-3H3/b28-18-,34-31?. The van der Waals surface area contributed by atoms with Crippen LogP contribution in [0.2, 0.25) is 5.02 Å². The van der Waals surface area contributed by atoms with E-state index in [4.69, 9.17) is 16.3 Å². The first-order chi connectivity index (χ1) is 20.6. The van der Waals surface area contributed by atoms with Gasteiger partial charge in [-0.3, -0.25) is 10.1 Å². The molecule has 0 fully saturated rings. The number of nitro benzene ring substituents is 1. The maximum atomic E-state index is 12.8. The highest BCUT2D eigenvalue weighted by Crippen LogP contribution is 2.41. The number of hydrogen-bond acceptors (Lipinski definition) is 8. The number of rotatable bonds is 8. The average molecular weight is 632 g/mol. The molecule has 0 spiro atoms. The van der Waals surface area contributed by atoms with E-state index < -0.39 is 10.9 Å². The van der Waals surface area contributed by atoms with Gasteiger partial charge in [-0.25, -0.2) is 9.79 Å². The Morgan fingerprint density at radius 2 is 1.70 bits per heavy atom. The number of esters is 1. The molecule has 3 aromatic carbocycles. The monoisotopic (exact) mass is 631 g/mol. The molecule has 5 rings (SSSR count). The van der Waals surface area contributed by atoms with E-state index in [0.717, 1.165) is 32.4 Å². The Bertz CT molecular complexity index is 1790. The SMILES string of the molecule is CCOC(=O)C1=C(O)/C(=C/c2cc(C)n(-c3ccc(Sc4ccc([N+](=O)[O-])cc4)cc3)c2C)SC1=Nc1ccc(Cl)cc1. The fraction of sp³-hybridized carbons (Fsp3) is 0.125. The molecule has 0 bridgehead atoms. The van der Waals surface area contributed by atoms with Gasteiger partial charge in [-0.1, -0.05) is 35.1 Å². The van der Waals surface area contributed by atoms with Gasteiger partial charge in [-0.15, -0.1) is 0 Å². The van der Waals surface area contributed by atoms with Gasteiger partial charge in [-0.05, 0) is 99.1 Å². The van der Waals surface area contributed by atoms with Crippen LogP contribution in [0.1, 0.15) is 23.9 Å². The molecule has 1 aliphatic heterocycles. The number of carbonyl (C=O) groups is 1. The van der Waals surface area contributed by atoms with Crippen LogP contribution in [0.5, 0.6) is 0 Å². The Hall–Kier alpha value is -4.25. The number of aryl methyl sites for hydroxylation is 1. The summed E-state index contributed by atoms with van der Waals surface area (Å²) in [6.45, 7) is 5.87. The maximum absolute atomic E-state index is 12.8. The Labute approximate surface area is 261 Å². The molecule has 0 atom stereocenters. The first kappa shape index (κ1) is 30.2. The van der Waals surface area contributed by atoms with E-state index in [9.17, 15) is 20.0 Å². The van der Waals surface area contributed by atoms with Crippen LogP contribution in [-0.2, 0) is 9.53 Å². The highest BCUT2D eigenvalue weighted by atomic mass is 35.5. The largest absolute Gasteiger partial charge is 0.506 e. The number of aliphatic hydroxyl groups is 1. The van der Waals surface area contributed by atoms with Crippen LogP contribution in [-0.4, -0.2) is 32.2 Å². The molecule has 1 aliphatic rings. The molecule has 0 aliphatic carbocycles. The molecule has 8 nitrogen and oxygen atoms in total. The summed E-state index contributed by atoms with van der Waals surface area (Å²) in [5.74, 6) is -0.811. The number of halogens is 1. The number of thioether (sulfide) groups is 1. The minimum Gasteiger partial charge on any atom is -0.506 e. The van der Waals surface area contributed by atoms with Crippen molar-refractivity contribution in [2.75, 3.05) is 6.61 Å². The molecule has 43 heavy (non-hydrogen) atoms. The molecule has 1 N–H and O–H groups in total. The van der Waals surface area contributed by atoms with Crippen LogP contribution in [0.3, 0.4) is 0 Å². The van der Waals surface area contributed by atoms with Crippen molar-refractivity contribution in [3.05, 3.63) is 127 Å². The van der Waals surface area contributed by atoms with E-state index in [2.05, 4.69) is 9.56 Å². The lowest BCUT2D eigenvalue weighted by Crippen LogP contribution is -2.12. The molecule has 0 radical (unpaired) electrons. The van der Waals surface area contributed by atoms with Gasteiger partial charge in [-0.2, -0.15) is 0 Å². The van der Waals surface area contributed by atoms with E-state index in [-0.39, 0.29) is 23.6 Å². The number of aromatic nitrogens is 1. The van der Waals surface area contributed by atoms with Gasteiger partial charge in [0.15, 0.2) is 0 Å². The normalized spacial score (nSPS) is 15.0. The summed E-state index contributed by atoms with van der Waals surface area (Å²) in [7, 11) is 0. The van der Waals surface area contributed by atoms with Crippen molar-refractivity contribution in [1.29, 1.82) is 0 Å². The van der Waals surface area contributed by atoms with E-state index in [1.165, 1.54) is 35.7 Å². The van der Waals surface area contributed by atoms with Crippen LogP contribution in [0.4, 0.5) is 11.4 Å². The first-order valence-corrected chi connectivity index (χ1v) is 15.2. The summed E-state index contributed by atoms with van der Waals surface area (Å²) < 4.78 is 7.33. The summed E-state index contributed by atoms with van der Waals surface area (Å²) in [6.07, 6.45) is 1.85. The highest BCUT2D eigenvalue weighted by molar-refractivity contribution is 8.18. The number of hydrogen-bond donors (Lipinski definition) is 1. The van der Waals surface area contributed by atoms with E-state index >= 15 is 0 Å². The second-order valence-corrected chi connectivity index (χ2v) is 12.1. The van der Waals surface area contributed by atoms with Crippen molar-refractivity contribution in [3.8, 4) is 5.69 Å². The summed E-state index contributed by atoms with van der Waals surface area (Å²) in [5.41, 5.74) is 4.47.